The van der Waals surface area contributed by atoms with Gasteiger partial charge in [0.2, 0.25) is 0 Å². The Hall–Kier alpha value is -0.570. The van der Waals surface area contributed by atoms with Crippen LogP contribution in [0.25, 0.3) is 0 Å². The molecule has 1 unspecified atom stereocenters. The van der Waals surface area contributed by atoms with Crippen molar-refractivity contribution in [3.05, 3.63) is 0 Å². The van der Waals surface area contributed by atoms with E-state index in [9.17, 15) is 4.79 Å². The van der Waals surface area contributed by atoms with Gasteiger partial charge in [0, 0.05) is 19.5 Å². The van der Waals surface area contributed by atoms with Crippen LogP contribution in [0.5, 0.6) is 0 Å². The van der Waals surface area contributed by atoms with E-state index in [4.69, 9.17) is 5.11 Å². The summed E-state index contributed by atoms with van der Waals surface area (Å²) in [6.07, 6.45) is 2.92. The number of hydrogen-bond acceptors (Lipinski definition) is 2. The first-order valence-corrected chi connectivity index (χ1v) is 5.07. The number of aliphatic carboxylic acids is 1. The summed E-state index contributed by atoms with van der Waals surface area (Å²) < 4.78 is 0. The smallest absolute Gasteiger partial charge is 0.303 e. The predicted octanol–water partition coefficient (Wildman–Crippen LogP) is 1.05. The van der Waals surface area contributed by atoms with Gasteiger partial charge in [-0.1, -0.05) is 0 Å². The highest BCUT2D eigenvalue weighted by Crippen LogP contribution is 2.44. The zero-order valence-corrected chi connectivity index (χ0v) is 8.07. The fraction of sp³-hybridized carbons (Fsp3) is 0.900. The molecule has 1 atom stereocenters. The van der Waals surface area contributed by atoms with E-state index < -0.39 is 5.97 Å². The molecule has 13 heavy (non-hydrogen) atoms. The van der Waals surface area contributed by atoms with E-state index in [1.165, 1.54) is 12.8 Å². The Morgan fingerprint density at radius 2 is 2.08 bits per heavy atom. The Bertz CT molecular complexity index is 207. The van der Waals surface area contributed by atoms with E-state index in [2.05, 4.69) is 11.9 Å². The molecule has 2 aliphatic rings. The molecule has 0 radical (unpaired) electrons. The number of likely N-dealkylation sites (tertiary alicyclic amines) is 1. The van der Waals surface area contributed by atoms with Crippen LogP contribution < -0.4 is 0 Å². The van der Waals surface area contributed by atoms with Crippen LogP contribution >= 0.6 is 0 Å². The third kappa shape index (κ3) is 2.02. The van der Waals surface area contributed by atoms with Crippen molar-refractivity contribution in [1.29, 1.82) is 0 Å². The number of carbonyl (C=O) groups is 1. The van der Waals surface area contributed by atoms with Gasteiger partial charge in [0.25, 0.3) is 0 Å². The van der Waals surface area contributed by atoms with Crippen LogP contribution in [-0.4, -0.2) is 36.1 Å². The molecule has 3 nitrogen and oxygen atoms in total. The van der Waals surface area contributed by atoms with Crippen LogP contribution in [0.4, 0.5) is 0 Å². The second kappa shape index (κ2) is 3.29. The lowest BCUT2D eigenvalue weighted by atomic mass is 9.80. The number of carboxylic acids is 1. The highest BCUT2D eigenvalue weighted by Gasteiger charge is 2.41. The van der Waals surface area contributed by atoms with Crippen molar-refractivity contribution in [3.8, 4) is 0 Å². The Balaban J connectivity index is 1.86. The van der Waals surface area contributed by atoms with Crippen LogP contribution in [0.2, 0.25) is 0 Å². The minimum Gasteiger partial charge on any atom is -0.481 e. The summed E-state index contributed by atoms with van der Waals surface area (Å²) in [7, 11) is 2.10. The predicted molar refractivity (Wildman–Crippen MR) is 49.5 cm³/mol. The van der Waals surface area contributed by atoms with Crippen molar-refractivity contribution in [1.82, 2.24) is 4.90 Å². The molecule has 1 heterocycles. The number of rotatable bonds is 4. The molecule has 0 aromatic heterocycles. The average Bonchev–Trinajstić information content (AvgIpc) is 2.76. The van der Waals surface area contributed by atoms with E-state index in [0.29, 0.717) is 18.3 Å². The van der Waals surface area contributed by atoms with Gasteiger partial charge in [-0.3, -0.25) is 4.79 Å². The summed E-state index contributed by atoms with van der Waals surface area (Å²) in [5, 5.41) is 8.78. The molecule has 0 aromatic rings. The van der Waals surface area contributed by atoms with Crippen molar-refractivity contribution < 1.29 is 9.90 Å². The Labute approximate surface area is 78.7 Å². The van der Waals surface area contributed by atoms with Gasteiger partial charge in [0.15, 0.2) is 0 Å². The van der Waals surface area contributed by atoms with E-state index in [0.717, 1.165) is 19.0 Å². The van der Waals surface area contributed by atoms with Gasteiger partial charge < -0.3 is 10.0 Å². The van der Waals surface area contributed by atoms with E-state index in [-0.39, 0.29) is 0 Å². The summed E-state index contributed by atoms with van der Waals surface area (Å²) in [5.74, 6) is 1.24. The maximum absolute atomic E-state index is 10.7. The summed E-state index contributed by atoms with van der Waals surface area (Å²) in [6, 6.07) is 0. The lowest BCUT2D eigenvalue weighted by Gasteiger charge is -2.41. The lowest BCUT2D eigenvalue weighted by Crippen LogP contribution is -2.48. The summed E-state index contributed by atoms with van der Waals surface area (Å²) in [5.41, 5.74) is 0. The SMILES string of the molecule is CN1CC(C(CC(=O)O)C2CC2)C1. The van der Waals surface area contributed by atoms with Crippen molar-refractivity contribution in [3.63, 3.8) is 0 Å². The third-order valence-corrected chi connectivity index (χ3v) is 3.34. The normalized spacial score (nSPS) is 26.8. The number of nitrogens with zero attached hydrogens (tertiary/aromatic N) is 1. The molecule has 2 rings (SSSR count). The molecular weight excluding hydrogens is 166 g/mol. The highest BCUT2D eigenvalue weighted by atomic mass is 16.4. The lowest BCUT2D eigenvalue weighted by molar-refractivity contribution is -0.139. The zero-order chi connectivity index (χ0) is 9.42. The van der Waals surface area contributed by atoms with Gasteiger partial charge in [0.1, 0.15) is 0 Å². The Kier molecular flexibility index (Phi) is 2.28. The summed E-state index contributed by atoms with van der Waals surface area (Å²) in [4.78, 5) is 12.9. The van der Waals surface area contributed by atoms with Gasteiger partial charge in [-0.2, -0.15) is 0 Å². The molecule has 74 valence electrons. The van der Waals surface area contributed by atoms with E-state index in [1.54, 1.807) is 0 Å². The second-order valence-corrected chi connectivity index (χ2v) is 4.58. The molecule has 0 aromatic carbocycles. The van der Waals surface area contributed by atoms with Gasteiger partial charge in [0.05, 0.1) is 0 Å². The van der Waals surface area contributed by atoms with Crippen molar-refractivity contribution in [2.45, 2.75) is 19.3 Å². The summed E-state index contributed by atoms with van der Waals surface area (Å²) >= 11 is 0. The molecule has 0 bridgehead atoms. The van der Waals surface area contributed by atoms with Crippen LogP contribution in [0.3, 0.4) is 0 Å². The molecule has 1 saturated heterocycles. The maximum Gasteiger partial charge on any atom is 0.303 e. The molecule has 0 amide bonds. The minimum absolute atomic E-state index is 0.392. The monoisotopic (exact) mass is 183 g/mol. The molecular formula is C10H17NO2. The quantitative estimate of drug-likeness (QED) is 0.708. The average molecular weight is 183 g/mol. The first kappa shape index (κ1) is 9.00. The van der Waals surface area contributed by atoms with Crippen LogP contribution in [0.1, 0.15) is 19.3 Å². The van der Waals surface area contributed by atoms with Gasteiger partial charge in [-0.15, -0.1) is 0 Å². The number of carboxylic acid groups (broad SMARTS) is 1. The standard InChI is InChI=1S/C10H17NO2/c1-11-5-8(6-11)9(4-10(12)13)7-2-3-7/h7-9H,2-6H2,1H3,(H,12,13). The molecule has 2 fully saturated rings. The largest absolute Gasteiger partial charge is 0.481 e. The van der Waals surface area contributed by atoms with E-state index in [1.807, 2.05) is 0 Å². The molecule has 1 aliphatic carbocycles. The van der Waals surface area contributed by atoms with Crippen LogP contribution in [0.15, 0.2) is 0 Å². The molecule has 1 aliphatic heterocycles. The summed E-state index contributed by atoms with van der Waals surface area (Å²) in [6.45, 7) is 2.21. The van der Waals surface area contributed by atoms with Crippen molar-refractivity contribution in [2.24, 2.45) is 17.8 Å². The first-order valence-electron chi connectivity index (χ1n) is 5.07. The fourth-order valence-corrected chi connectivity index (χ4v) is 2.46. The van der Waals surface area contributed by atoms with Gasteiger partial charge in [-0.25, -0.2) is 0 Å². The Morgan fingerprint density at radius 3 is 2.46 bits per heavy atom. The van der Waals surface area contributed by atoms with Crippen molar-refractivity contribution >= 4 is 5.97 Å². The first-order chi connectivity index (χ1) is 6.16. The molecule has 0 spiro atoms. The third-order valence-electron chi connectivity index (χ3n) is 3.34. The molecule has 3 heteroatoms. The number of hydrogen-bond donors (Lipinski definition) is 1. The van der Waals surface area contributed by atoms with E-state index >= 15 is 0 Å². The zero-order valence-electron chi connectivity index (χ0n) is 8.07. The second-order valence-electron chi connectivity index (χ2n) is 4.58. The van der Waals surface area contributed by atoms with Gasteiger partial charge in [-0.05, 0) is 37.6 Å². The van der Waals surface area contributed by atoms with Crippen molar-refractivity contribution in [2.75, 3.05) is 20.1 Å². The van der Waals surface area contributed by atoms with Crippen LogP contribution in [0, 0.1) is 17.8 Å². The minimum atomic E-state index is -0.619. The van der Waals surface area contributed by atoms with Gasteiger partial charge >= 0.3 is 5.97 Å². The topological polar surface area (TPSA) is 40.5 Å². The van der Waals surface area contributed by atoms with Crippen LogP contribution in [-0.2, 0) is 4.79 Å². The fourth-order valence-electron chi connectivity index (χ4n) is 2.46. The molecule has 1 saturated carbocycles. The highest BCUT2D eigenvalue weighted by molar-refractivity contribution is 5.67. The molecule has 1 N–H and O–H groups in total. The Morgan fingerprint density at radius 1 is 1.46 bits per heavy atom. The maximum atomic E-state index is 10.7.